The van der Waals surface area contributed by atoms with Crippen molar-refractivity contribution >= 4 is 17.8 Å². The Kier molecular flexibility index (Phi) is 9.07. The Morgan fingerprint density at radius 1 is 1.00 bits per heavy atom. The van der Waals surface area contributed by atoms with Crippen molar-refractivity contribution in [1.82, 2.24) is 5.32 Å². The third-order valence-electron chi connectivity index (χ3n) is 4.22. The minimum absolute atomic E-state index is 0.119. The zero-order valence-electron chi connectivity index (χ0n) is 17.0. The zero-order chi connectivity index (χ0) is 21.3. The number of carbonyl (C=O) groups is 3. The van der Waals surface area contributed by atoms with Crippen molar-refractivity contribution < 1.29 is 38.1 Å². The summed E-state index contributed by atoms with van der Waals surface area (Å²) in [5.74, 6) is -1.18. The Bertz CT molecular complexity index is 678. The van der Waals surface area contributed by atoms with Gasteiger partial charge in [-0.05, 0) is 18.1 Å². The van der Waals surface area contributed by atoms with Gasteiger partial charge in [0, 0.05) is 0 Å². The van der Waals surface area contributed by atoms with Crippen LogP contribution in [0.3, 0.4) is 0 Å². The second-order valence-electron chi connectivity index (χ2n) is 5.94. The van der Waals surface area contributed by atoms with E-state index in [0.29, 0.717) is 12.2 Å². The average Bonchev–Trinajstić information content (AvgIpc) is 2.73. The SMILES string of the molecule is CCC(C)C(NC(=O)COC(=O)c1cc(OC)c(OC)c(OC)c1)C(=O)OC. The van der Waals surface area contributed by atoms with Crippen LogP contribution in [0.4, 0.5) is 0 Å². The summed E-state index contributed by atoms with van der Waals surface area (Å²) in [7, 11) is 5.52. The first-order valence-electron chi connectivity index (χ1n) is 8.67. The van der Waals surface area contributed by atoms with E-state index in [1.165, 1.54) is 40.6 Å². The molecule has 0 bridgehead atoms. The van der Waals surface area contributed by atoms with Crippen molar-refractivity contribution in [3.63, 3.8) is 0 Å². The van der Waals surface area contributed by atoms with Crippen molar-refractivity contribution in [3.05, 3.63) is 17.7 Å². The molecule has 9 nitrogen and oxygen atoms in total. The average molecular weight is 397 g/mol. The van der Waals surface area contributed by atoms with E-state index in [9.17, 15) is 14.4 Å². The molecule has 0 saturated carbocycles. The minimum atomic E-state index is -0.817. The van der Waals surface area contributed by atoms with Crippen LogP contribution in [0.5, 0.6) is 17.2 Å². The van der Waals surface area contributed by atoms with Crippen LogP contribution >= 0.6 is 0 Å². The highest BCUT2D eigenvalue weighted by atomic mass is 16.5. The van der Waals surface area contributed by atoms with Gasteiger partial charge in [0.05, 0.1) is 34.0 Å². The lowest BCUT2D eigenvalue weighted by Gasteiger charge is -2.21. The largest absolute Gasteiger partial charge is 0.493 e. The quantitative estimate of drug-likeness (QED) is 0.593. The minimum Gasteiger partial charge on any atom is -0.493 e. The van der Waals surface area contributed by atoms with E-state index in [0.717, 1.165) is 0 Å². The lowest BCUT2D eigenvalue weighted by Crippen LogP contribution is -2.47. The number of hydrogen-bond donors (Lipinski definition) is 1. The third kappa shape index (κ3) is 5.77. The van der Waals surface area contributed by atoms with E-state index in [1.54, 1.807) is 0 Å². The number of esters is 2. The Morgan fingerprint density at radius 3 is 2.00 bits per heavy atom. The van der Waals surface area contributed by atoms with Crippen LogP contribution in [0.2, 0.25) is 0 Å². The van der Waals surface area contributed by atoms with E-state index in [-0.39, 0.29) is 23.0 Å². The third-order valence-corrected chi connectivity index (χ3v) is 4.22. The molecular weight excluding hydrogens is 370 g/mol. The molecule has 1 N–H and O–H groups in total. The number of benzene rings is 1. The van der Waals surface area contributed by atoms with Crippen LogP contribution in [0.15, 0.2) is 12.1 Å². The van der Waals surface area contributed by atoms with E-state index >= 15 is 0 Å². The summed E-state index contributed by atoms with van der Waals surface area (Å²) >= 11 is 0. The monoisotopic (exact) mass is 397 g/mol. The number of carbonyl (C=O) groups excluding carboxylic acids is 3. The van der Waals surface area contributed by atoms with Gasteiger partial charge in [0.2, 0.25) is 5.75 Å². The molecule has 0 fully saturated rings. The second-order valence-corrected chi connectivity index (χ2v) is 5.94. The molecule has 1 amide bonds. The van der Waals surface area contributed by atoms with Crippen LogP contribution in [0, 0.1) is 5.92 Å². The van der Waals surface area contributed by atoms with Gasteiger partial charge in [-0.2, -0.15) is 0 Å². The summed E-state index contributed by atoms with van der Waals surface area (Å²) in [5.41, 5.74) is 0.119. The fourth-order valence-corrected chi connectivity index (χ4v) is 2.42. The maximum atomic E-state index is 12.3. The maximum absolute atomic E-state index is 12.3. The molecule has 2 unspecified atom stereocenters. The number of hydrogen-bond acceptors (Lipinski definition) is 8. The highest BCUT2D eigenvalue weighted by Gasteiger charge is 2.27. The molecule has 0 spiro atoms. The van der Waals surface area contributed by atoms with E-state index in [2.05, 4.69) is 5.32 Å². The number of amides is 1. The van der Waals surface area contributed by atoms with Gasteiger partial charge in [-0.3, -0.25) is 4.79 Å². The summed E-state index contributed by atoms with van der Waals surface area (Å²) < 4.78 is 25.3. The first kappa shape index (κ1) is 23.1. The maximum Gasteiger partial charge on any atom is 0.338 e. The van der Waals surface area contributed by atoms with E-state index in [4.69, 9.17) is 23.7 Å². The summed E-state index contributed by atoms with van der Waals surface area (Å²) in [6, 6.07) is 2.01. The molecule has 156 valence electrons. The molecule has 9 heteroatoms. The molecule has 1 aromatic rings. The fourth-order valence-electron chi connectivity index (χ4n) is 2.42. The Labute approximate surface area is 164 Å². The molecule has 0 aliphatic rings. The van der Waals surface area contributed by atoms with Crippen molar-refractivity contribution in [2.24, 2.45) is 5.92 Å². The van der Waals surface area contributed by atoms with Crippen molar-refractivity contribution in [3.8, 4) is 17.2 Å². The number of methoxy groups -OCH3 is 4. The van der Waals surface area contributed by atoms with Gasteiger partial charge in [-0.15, -0.1) is 0 Å². The molecule has 1 aromatic carbocycles. The van der Waals surface area contributed by atoms with Gasteiger partial charge < -0.3 is 29.0 Å². The lowest BCUT2D eigenvalue weighted by molar-refractivity contribution is -0.147. The highest BCUT2D eigenvalue weighted by molar-refractivity contribution is 5.93. The fraction of sp³-hybridized carbons (Fsp3) is 0.526. The van der Waals surface area contributed by atoms with Gasteiger partial charge in [-0.1, -0.05) is 20.3 Å². The standard InChI is InChI=1S/C19H27NO8/c1-7-11(2)16(19(23)27-6)20-15(21)10-28-18(22)12-8-13(24-3)17(26-5)14(9-12)25-4/h8-9,11,16H,7,10H2,1-6H3,(H,20,21). The summed E-state index contributed by atoms with van der Waals surface area (Å²) in [6.45, 7) is 3.14. The topological polar surface area (TPSA) is 109 Å². The predicted octanol–water partition coefficient (Wildman–Crippen LogP) is 1.57. The van der Waals surface area contributed by atoms with Gasteiger partial charge in [0.15, 0.2) is 18.1 Å². The summed E-state index contributed by atoms with van der Waals surface area (Å²) in [5, 5.41) is 2.53. The van der Waals surface area contributed by atoms with Gasteiger partial charge in [0.25, 0.3) is 5.91 Å². The summed E-state index contributed by atoms with van der Waals surface area (Å²) in [6.07, 6.45) is 0.658. The van der Waals surface area contributed by atoms with E-state index in [1.807, 2.05) is 13.8 Å². The molecule has 2 atom stereocenters. The molecule has 0 aliphatic carbocycles. The Hall–Kier alpha value is -2.97. The molecule has 1 rings (SSSR count). The van der Waals surface area contributed by atoms with Crippen LogP contribution in [-0.4, -0.2) is 58.9 Å². The zero-order valence-corrected chi connectivity index (χ0v) is 17.0. The summed E-state index contributed by atoms with van der Waals surface area (Å²) in [4.78, 5) is 36.2. The van der Waals surface area contributed by atoms with Crippen LogP contribution in [-0.2, 0) is 19.1 Å². The van der Waals surface area contributed by atoms with Gasteiger partial charge in [-0.25, -0.2) is 9.59 Å². The van der Waals surface area contributed by atoms with Crippen LogP contribution in [0.1, 0.15) is 30.6 Å². The molecule has 0 saturated heterocycles. The van der Waals surface area contributed by atoms with Crippen LogP contribution in [0.25, 0.3) is 0 Å². The van der Waals surface area contributed by atoms with Crippen LogP contribution < -0.4 is 19.5 Å². The number of ether oxygens (including phenoxy) is 5. The highest BCUT2D eigenvalue weighted by Crippen LogP contribution is 2.38. The first-order chi connectivity index (χ1) is 13.3. The van der Waals surface area contributed by atoms with Crippen molar-refractivity contribution in [2.75, 3.05) is 35.0 Å². The Morgan fingerprint density at radius 2 is 1.57 bits per heavy atom. The molecule has 0 heterocycles. The predicted molar refractivity (Wildman–Crippen MR) is 99.8 cm³/mol. The lowest BCUT2D eigenvalue weighted by atomic mass is 9.99. The molecule has 0 aromatic heterocycles. The molecule has 28 heavy (non-hydrogen) atoms. The van der Waals surface area contributed by atoms with Crippen molar-refractivity contribution in [1.29, 1.82) is 0 Å². The first-order valence-corrected chi connectivity index (χ1v) is 8.67. The van der Waals surface area contributed by atoms with E-state index < -0.39 is 30.5 Å². The smallest absolute Gasteiger partial charge is 0.338 e. The molecular formula is C19H27NO8. The van der Waals surface area contributed by atoms with Gasteiger partial charge in [0.1, 0.15) is 6.04 Å². The van der Waals surface area contributed by atoms with Gasteiger partial charge >= 0.3 is 11.9 Å². The normalized spacial score (nSPS) is 12.4. The molecule has 0 aliphatic heterocycles. The number of rotatable bonds is 10. The van der Waals surface area contributed by atoms with Crippen molar-refractivity contribution in [2.45, 2.75) is 26.3 Å². The molecule has 0 radical (unpaired) electrons. The second kappa shape index (κ2) is 11.0. The number of nitrogens with one attached hydrogen (secondary N) is 1. The Balaban J connectivity index is 2.83.